The highest BCUT2D eigenvalue weighted by Gasteiger charge is 2.35. The molecule has 0 aliphatic carbocycles. The van der Waals surface area contributed by atoms with Crippen LogP contribution in [0.2, 0.25) is 0 Å². The lowest BCUT2D eigenvalue weighted by Crippen LogP contribution is -2.07. The zero-order valence-corrected chi connectivity index (χ0v) is 13.9. The number of hydrogen-bond acceptors (Lipinski definition) is 3. The number of aromatic nitrogens is 3. The Labute approximate surface area is 145 Å². The third-order valence-electron chi connectivity index (χ3n) is 3.78. The van der Waals surface area contributed by atoms with Crippen LogP contribution in [0.15, 0.2) is 54.6 Å². The highest BCUT2D eigenvalue weighted by molar-refractivity contribution is 7.20. The maximum absolute atomic E-state index is 13.2. The molecule has 0 unspecified atom stereocenters. The van der Waals surface area contributed by atoms with Crippen LogP contribution in [0.4, 0.5) is 13.2 Å². The molecule has 0 N–H and O–H groups in total. The van der Waals surface area contributed by atoms with E-state index in [-0.39, 0.29) is 0 Å². The Morgan fingerprint density at radius 1 is 1.00 bits per heavy atom. The largest absolute Gasteiger partial charge is 0.435 e. The van der Waals surface area contributed by atoms with Crippen molar-refractivity contribution in [3.63, 3.8) is 0 Å². The molecule has 0 atom stereocenters. The first-order valence-corrected chi connectivity index (χ1v) is 8.34. The average molecular weight is 359 g/mol. The summed E-state index contributed by atoms with van der Waals surface area (Å²) < 4.78 is 41.7. The molecule has 0 bridgehead atoms. The average Bonchev–Trinajstić information content (AvgIpc) is 3.18. The molecule has 0 aliphatic heterocycles. The van der Waals surface area contributed by atoms with Crippen molar-refractivity contribution in [2.24, 2.45) is 0 Å². The Balaban J connectivity index is 1.94. The summed E-state index contributed by atoms with van der Waals surface area (Å²) in [6, 6.07) is 15.7. The summed E-state index contributed by atoms with van der Waals surface area (Å²) in [6.07, 6.45) is -4.51. The number of benzene rings is 2. The van der Waals surface area contributed by atoms with Gasteiger partial charge in [0.15, 0.2) is 5.69 Å². The van der Waals surface area contributed by atoms with E-state index >= 15 is 0 Å². The van der Waals surface area contributed by atoms with Crippen molar-refractivity contribution in [3.8, 4) is 16.4 Å². The Morgan fingerprint density at radius 2 is 1.76 bits per heavy atom. The predicted molar refractivity (Wildman–Crippen MR) is 91.9 cm³/mol. The van der Waals surface area contributed by atoms with Gasteiger partial charge in [0, 0.05) is 5.56 Å². The number of aryl methyl sites for hydroxylation is 1. The summed E-state index contributed by atoms with van der Waals surface area (Å²) in [6.45, 7) is 1.96. The maximum Gasteiger partial charge on any atom is 0.435 e. The van der Waals surface area contributed by atoms with Gasteiger partial charge >= 0.3 is 6.18 Å². The van der Waals surface area contributed by atoms with Gasteiger partial charge in [-0.2, -0.15) is 18.3 Å². The second-order valence-corrected chi connectivity index (χ2v) is 6.67. The minimum atomic E-state index is -4.51. The zero-order valence-electron chi connectivity index (χ0n) is 13.1. The summed E-state index contributed by atoms with van der Waals surface area (Å²) in [5.41, 5.74) is 1.91. The maximum atomic E-state index is 13.2. The van der Waals surface area contributed by atoms with E-state index in [0.29, 0.717) is 16.4 Å². The molecular formula is C18H12F3N3S. The van der Waals surface area contributed by atoms with Crippen LogP contribution in [0.25, 0.3) is 26.6 Å². The van der Waals surface area contributed by atoms with Crippen LogP contribution in [-0.2, 0) is 6.18 Å². The highest BCUT2D eigenvalue weighted by atomic mass is 32.1. The van der Waals surface area contributed by atoms with Crippen LogP contribution in [0.1, 0.15) is 11.3 Å². The quantitative estimate of drug-likeness (QED) is 0.475. The standard InChI is InChI=1S/C18H12F3N3S/c1-11-7-8-13-15(9-11)25-17(22-13)24-14(12-5-3-2-4-6-12)10-16(23-24)18(19,20)21/h2-10H,1H3. The normalized spacial score (nSPS) is 12.0. The molecule has 4 rings (SSSR count). The van der Waals surface area contributed by atoms with E-state index < -0.39 is 11.9 Å². The number of fused-ring (bicyclic) bond motifs is 1. The van der Waals surface area contributed by atoms with E-state index in [9.17, 15) is 13.2 Å². The van der Waals surface area contributed by atoms with E-state index in [0.717, 1.165) is 21.8 Å². The van der Waals surface area contributed by atoms with Gasteiger partial charge in [-0.15, -0.1) is 0 Å². The van der Waals surface area contributed by atoms with Gasteiger partial charge in [0.05, 0.1) is 15.9 Å². The molecule has 2 aromatic carbocycles. The SMILES string of the molecule is Cc1ccc2nc(-n3nc(C(F)(F)F)cc3-c3ccccc3)sc2c1. The molecule has 0 aliphatic rings. The number of nitrogens with zero attached hydrogens (tertiary/aromatic N) is 3. The van der Waals surface area contributed by atoms with Crippen LogP contribution in [0.3, 0.4) is 0 Å². The van der Waals surface area contributed by atoms with Crippen molar-refractivity contribution in [1.82, 2.24) is 14.8 Å². The van der Waals surface area contributed by atoms with E-state index in [4.69, 9.17) is 0 Å². The second-order valence-electron chi connectivity index (χ2n) is 5.66. The van der Waals surface area contributed by atoms with Gasteiger partial charge in [-0.3, -0.25) is 0 Å². The molecule has 0 amide bonds. The minimum Gasteiger partial charge on any atom is -0.218 e. The van der Waals surface area contributed by atoms with E-state index in [1.54, 1.807) is 24.3 Å². The molecule has 126 valence electrons. The van der Waals surface area contributed by atoms with Gasteiger partial charge in [-0.05, 0) is 30.7 Å². The summed E-state index contributed by atoms with van der Waals surface area (Å²) >= 11 is 1.32. The van der Waals surface area contributed by atoms with Crippen molar-refractivity contribution < 1.29 is 13.2 Å². The zero-order chi connectivity index (χ0) is 17.6. The van der Waals surface area contributed by atoms with Gasteiger partial charge in [0.1, 0.15) is 0 Å². The van der Waals surface area contributed by atoms with Gasteiger partial charge in [-0.1, -0.05) is 47.7 Å². The third-order valence-corrected chi connectivity index (χ3v) is 4.78. The van der Waals surface area contributed by atoms with Gasteiger partial charge in [-0.25, -0.2) is 9.67 Å². The summed E-state index contributed by atoms with van der Waals surface area (Å²) in [5, 5.41) is 4.20. The van der Waals surface area contributed by atoms with Gasteiger partial charge < -0.3 is 0 Å². The minimum absolute atomic E-state index is 0.365. The van der Waals surface area contributed by atoms with Crippen LogP contribution in [0.5, 0.6) is 0 Å². The fraction of sp³-hybridized carbons (Fsp3) is 0.111. The summed E-state index contributed by atoms with van der Waals surface area (Å²) in [4.78, 5) is 4.46. The first kappa shape index (κ1) is 15.8. The molecule has 25 heavy (non-hydrogen) atoms. The summed E-state index contributed by atoms with van der Waals surface area (Å²) in [7, 11) is 0. The molecule has 0 fully saturated rings. The molecule has 0 radical (unpaired) electrons. The van der Waals surface area contributed by atoms with E-state index in [1.165, 1.54) is 16.0 Å². The smallest absolute Gasteiger partial charge is 0.218 e. The number of alkyl halides is 3. The van der Waals surface area contributed by atoms with E-state index in [1.807, 2.05) is 31.2 Å². The Morgan fingerprint density at radius 3 is 2.48 bits per heavy atom. The molecule has 0 saturated carbocycles. The lowest BCUT2D eigenvalue weighted by atomic mass is 10.1. The molecular weight excluding hydrogens is 347 g/mol. The number of rotatable bonds is 2. The van der Waals surface area contributed by atoms with Crippen LogP contribution < -0.4 is 0 Å². The molecule has 0 saturated heterocycles. The Hall–Kier alpha value is -2.67. The number of halogens is 3. The highest BCUT2D eigenvalue weighted by Crippen LogP contribution is 2.35. The van der Waals surface area contributed by atoms with Gasteiger partial charge in [0.2, 0.25) is 5.13 Å². The van der Waals surface area contributed by atoms with Crippen molar-refractivity contribution in [1.29, 1.82) is 0 Å². The van der Waals surface area contributed by atoms with Gasteiger partial charge in [0.25, 0.3) is 0 Å². The molecule has 3 nitrogen and oxygen atoms in total. The van der Waals surface area contributed by atoms with Crippen LogP contribution in [0, 0.1) is 6.92 Å². The fourth-order valence-electron chi connectivity index (χ4n) is 2.59. The molecule has 4 aromatic rings. The van der Waals surface area contributed by atoms with Crippen LogP contribution >= 0.6 is 11.3 Å². The fourth-order valence-corrected chi connectivity index (χ4v) is 3.62. The van der Waals surface area contributed by atoms with Crippen molar-refractivity contribution in [2.75, 3.05) is 0 Å². The molecule has 2 heterocycles. The first-order chi connectivity index (χ1) is 11.9. The second kappa shape index (κ2) is 5.70. The molecule has 0 spiro atoms. The van der Waals surface area contributed by atoms with Crippen molar-refractivity contribution in [3.05, 3.63) is 65.9 Å². The number of hydrogen-bond donors (Lipinski definition) is 0. The van der Waals surface area contributed by atoms with Crippen molar-refractivity contribution >= 4 is 21.6 Å². The monoisotopic (exact) mass is 359 g/mol. The lowest BCUT2D eigenvalue weighted by Gasteiger charge is -2.03. The third kappa shape index (κ3) is 2.91. The Bertz CT molecular complexity index is 1050. The van der Waals surface area contributed by atoms with Crippen molar-refractivity contribution in [2.45, 2.75) is 13.1 Å². The molecule has 7 heteroatoms. The lowest BCUT2D eigenvalue weighted by molar-refractivity contribution is -0.141. The predicted octanol–water partition coefficient (Wildman–Crippen LogP) is 5.48. The first-order valence-electron chi connectivity index (χ1n) is 7.52. The van der Waals surface area contributed by atoms with E-state index in [2.05, 4.69) is 10.1 Å². The summed E-state index contributed by atoms with van der Waals surface area (Å²) in [5.74, 6) is 0. The van der Waals surface area contributed by atoms with Crippen LogP contribution in [-0.4, -0.2) is 14.8 Å². The molecule has 2 aromatic heterocycles. The number of thiazole rings is 1. The topological polar surface area (TPSA) is 30.7 Å². The Kier molecular flexibility index (Phi) is 3.61.